The third-order valence-electron chi connectivity index (χ3n) is 4.00. The second-order valence-corrected chi connectivity index (χ2v) is 6.25. The average molecular weight is 336 g/mol. The molecule has 0 unspecified atom stereocenters. The lowest BCUT2D eigenvalue weighted by atomic mass is 10.1. The van der Waals surface area contributed by atoms with Crippen molar-refractivity contribution >= 4 is 5.97 Å². The molecular formula is C20H32O4. The van der Waals surface area contributed by atoms with Gasteiger partial charge in [-0.2, -0.15) is 0 Å². The lowest BCUT2D eigenvalue weighted by molar-refractivity contribution is -0.137. The van der Waals surface area contributed by atoms with Crippen LogP contribution < -0.4 is 0 Å². The Morgan fingerprint density at radius 3 is 2.58 bits per heavy atom. The minimum Gasteiger partial charge on any atom is -0.481 e. The van der Waals surface area contributed by atoms with Crippen LogP contribution >= 0.6 is 0 Å². The van der Waals surface area contributed by atoms with Gasteiger partial charge in [0.1, 0.15) is 12.2 Å². The highest BCUT2D eigenvalue weighted by Crippen LogP contribution is 2.29. The Kier molecular flexibility index (Phi) is 11.2. The van der Waals surface area contributed by atoms with E-state index < -0.39 is 12.1 Å². The van der Waals surface area contributed by atoms with Crippen LogP contribution in [0.1, 0.15) is 64.7 Å². The molecule has 3 atom stereocenters. The molecule has 1 fully saturated rings. The summed E-state index contributed by atoms with van der Waals surface area (Å²) in [6.07, 6.45) is 19.9. The predicted octanol–water partition coefficient (Wildman–Crippen LogP) is 4.40. The van der Waals surface area contributed by atoms with Crippen LogP contribution in [0.3, 0.4) is 0 Å². The number of carboxylic acids is 1. The molecule has 1 heterocycles. The van der Waals surface area contributed by atoms with Crippen LogP contribution in [0, 0.1) is 0 Å². The van der Waals surface area contributed by atoms with E-state index in [-0.39, 0.29) is 18.6 Å². The molecule has 0 saturated carbocycles. The summed E-state index contributed by atoms with van der Waals surface area (Å²) in [6.45, 7) is 2.21. The highest BCUT2D eigenvalue weighted by atomic mass is 16.6. The second kappa shape index (κ2) is 13.0. The number of epoxide rings is 1. The minimum absolute atomic E-state index is 0.105. The summed E-state index contributed by atoms with van der Waals surface area (Å²) in [5.74, 6) is -0.780. The van der Waals surface area contributed by atoms with Gasteiger partial charge in [0, 0.05) is 6.42 Å². The number of aliphatic hydroxyl groups excluding tert-OH is 1. The van der Waals surface area contributed by atoms with E-state index in [4.69, 9.17) is 9.84 Å². The largest absolute Gasteiger partial charge is 0.481 e. The Morgan fingerprint density at radius 2 is 1.83 bits per heavy atom. The maximum Gasteiger partial charge on any atom is 0.303 e. The zero-order valence-electron chi connectivity index (χ0n) is 14.8. The normalized spacial score (nSPS) is 21.9. The smallest absolute Gasteiger partial charge is 0.303 e. The maximum atomic E-state index is 10.4. The van der Waals surface area contributed by atoms with Crippen molar-refractivity contribution in [3.8, 4) is 0 Å². The van der Waals surface area contributed by atoms with Gasteiger partial charge in [-0.25, -0.2) is 0 Å². The fraction of sp³-hybridized carbons (Fsp3) is 0.650. The second-order valence-electron chi connectivity index (χ2n) is 6.25. The number of aliphatic hydroxyl groups is 1. The molecule has 0 aromatic carbocycles. The molecule has 1 rings (SSSR count). The number of unbranched alkanes of at least 4 members (excludes halogenated alkanes) is 4. The molecule has 0 aromatic rings. The SMILES string of the molecule is CCCCC/C=C\C/C=C\C[C@H]1O[C@@H]1[C@H](O)/C=C\CCCC(=O)O. The first kappa shape index (κ1) is 20.7. The number of aliphatic carboxylic acids is 1. The summed E-state index contributed by atoms with van der Waals surface area (Å²) in [5.41, 5.74) is 0. The molecule has 0 aliphatic carbocycles. The van der Waals surface area contributed by atoms with Gasteiger partial charge in [-0.1, -0.05) is 56.2 Å². The van der Waals surface area contributed by atoms with Gasteiger partial charge in [-0.3, -0.25) is 4.79 Å². The Balaban J connectivity index is 2.03. The standard InChI is InChI=1S/C20H32O4/c1-2-3-4-5-6-7-8-9-12-15-18-20(24-18)17(21)14-11-10-13-16-19(22)23/h6-7,9,11-12,14,17-18,20-21H,2-5,8,10,13,15-16H2,1H3,(H,22,23)/b7-6-,12-9-,14-11-/t17-,18-,20-/m1/s1. The molecule has 1 saturated heterocycles. The van der Waals surface area contributed by atoms with Gasteiger partial charge in [0.05, 0.1) is 6.10 Å². The summed E-state index contributed by atoms with van der Waals surface area (Å²) in [4.78, 5) is 10.4. The summed E-state index contributed by atoms with van der Waals surface area (Å²) in [7, 11) is 0. The molecule has 136 valence electrons. The third kappa shape index (κ3) is 10.4. The first-order valence-corrected chi connectivity index (χ1v) is 9.17. The molecule has 2 N–H and O–H groups in total. The van der Waals surface area contributed by atoms with E-state index >= 15 is 0 Å². The van der Waals surface area contributed by atoms with E-state index in [2.05, 4.69) is 31.2 Å². The molecular weight excluding hydrogens is 304 g/mol. The van der Waals surface area contributed by atoms with Crippen LogP contribution in [0.2, 0.25) is 0 Å². The van der Waals surface area contributed by atoms with Crippen molar-refractivity contribution in [1.82, 2.24) is 0 Å². The van der Waals surface area contributed by atoms with Crippen LogP contribution in [0.25, 0.3) is 0 Å². The molecule has 0 bridgehead atoms. The van der Waals surface area contributed by atoms with Gasteiger partial charge in [-0.15, -0.1) is 0 Å². The number of allylic oxidation sites excluding steroid dienone is 4. The molecule has 4 heteroatoms. The van der Waals surface area contributed by atoms with Gasteiger partial charge in [-0.05, 0) is 38.5 Å². The summed E-state index contributed by atoms with van der Waals surface area (Å²) in [6, 6.07) is 0. The monoisotopic (exact) mass is 336 g/mol. The summed E-state index contributed by atoms with van der Waals surface area (Å²) >= 11 is 0. The van der Waals surface area contributed by atoms with Crippen molar-refractivity contribution in [2.75, 3.05) is 0 Å². The zero-order chi connectivity index (χ0) is 17.6. The predicted molar refractivity (Wildman–Crippen MR) is 97.0 cm³/mol. The van der Waals surface area contributed by atoms with E-state index in [1.54, 1.807) is 6.08 Å². The topological polar surface area (TPSA) is 70.1 Å². The van der Waals surface area contributed by atoms with Crippen molar-refractivity contribution < 1.29 is 19.7 Å². The molecule has 0 aromatic heterocycles. The Labute approximate surface area is 145 Å². The molecule has 0 radical (unpaired) electrons. The first-order valence-electron chi connectivity index (χ1n) is 9.17. The quantitative estimate of drug-likeness (QED) is 0.280. The van der Waals surface area contributed by atoms with Crippen LogP contribution in [0.4, 0.5) is 0 Å². The van der Waals surface area contributed by atoms with Crippen molar-refractivity contribution in [1.29, 1.82) is 0 Å². The Bertz CT molecular complexity index is 425. The minimum atomic E-state index is -0.780. The summed E-state index contributed by atoms with van der Waals surface area (Å²) < 4.78 is 5.48. The fourth-order valence-electron chi connectivity index (χ4n) is 2.49. The van der Waals surface area contributed by atoms with Gasteiger partial charge >= 0.3 is 5.97 Å². The molecule has 1 aliphatic heterocycles. The number of hydrogen-bond donors (Lipinski definition) is 2. The maximum absolute atomic E-state index is 10.4. The third-order valence-corrected chi connectivity index (χ3v) is 4.00. The number of ether oxygens (including phenoxy) is 1. The van der Waals surface area contributed by atoms with Gasteiger partial charge in [0.15, 0.2) is 0 Å². The van der Waals surface area contributed by atoms with Crippen molar-refractivity contribution in [3.05, 3.63) is 36.5 Å². The first-order chi connectivity index (χ1) is 11.6. The molecule has 0 spiro atoms. The highest BCUT2D eigenvalue weighted by Gasteiger charge is 2.42. The summed E-state index contributed by atoms with van der Waals surface area (Å²) in [5, 5.41) is 18.5. The van der Waals surface area contributed by atoms with Crippen LogP contribution in [-0.2, 0) is 9.53 Å². The molecule has 24 heavy (non-hydrogen) atoms. The van der Waals surface area contributed by atoms with Crippen LogP contribution in [-0.4, -0.2) is 34.5 Å². The average Bonchev–Trinajstić information content (AvgIpc) is 3.32. The van der Waals surface area contributed by atoms with Crippen molar-refractivity contribution in [3.63, 3.8) is 0 Å². The number of carboxylic acid groups (broad SMARTS) is 1. The van der Waals surface area contributed by atoms with Gasteiger partial charge in [0.25, 0.3) is 0 Å². The van der Waals surface area contributed by atoms with E-state index in [0.717, 1.165) is 12.8 Å². The number of carbonyl (C=O) groups is 1. The number of rotatable bonds is 14. The van der Waals surface area contributed by atoms with E-state index in [0.29, 0.717) is 12.8 Å². The van der Waals surface area contributed by atoms with Crippen LogP contribution in [0.15, 0.2) is 36.5 Å². The van der Waals surface area contributed by atoms with Crippen molar-refractivity contribution in [2.45, 2.75) is 83.0 Å². The Morgan fingerprint density at radius 1 is 1.08 bits per heavy atom. The van der Waals surface area contributed by atoms with Crippen molar-refractivity contribution in [2.24, 2.45) is 0 Å². The fourth-order valence-corrected chi connectivity index (χ4v) is 2.49. The van der Waals surface area contributed by atoms with Crippen LogP contribution in [0.5, 0.6) is 0 Å². The van der Waals surface area contributed by atoms with Gasteiger partial charge < -0.3 is 14.9 Å². The van der Waals surface area contributed by atoms with Gasteiger partial charge in [0.2, 0.25) is 0 Å². The highest BCUT2D eigenvalue weighted by molar-refractivity contribution is 5.66. The zero-order valence-corrected chi connectivity index (χ0v) is 14.8. The lowest BCUT2D eigenvalue weighted by Gasteiger charge is -1.99. The Hall–Kier alpha value is -1.39. The lowest BCUT2D eigenvalue weighted by Crippen LogP contribution is -2.13. The molecule has 1 aliphatic rings. The molecule has 0 amide bonds. The number of hydrogen-bond acceptors (Lipinski definition) is 3. The van der Waals surface area contributed by atoms with E-state index in [9.17, 15) is 9.90 Å². The van der Waals surface area contributed by atoms with E-state index in [1.807, 2.05) is 6.08 Å². The van der Waals surface area contributed by atoms with E-state index in [1.165, 1.54) is 25.7 Å². The molecule has 4 nitrogen and oxygen atoms in total.